The topological polar surface area (TPSA) is 60.7 Å². The number of fused-ring (bicyclic) bond motifs is 1. The molecule has 0 radical (unpaired) electrons. The Labute approximate surface area is 182 Å². The van der Waals surface area contributed by atoms with Crippen molar-refractivity contribution in [2.45, 2.75) is 89.9 Å². The van der Waals surface area contributed by atoms with E-state index in [2.05, 4.69) is 44.7 Å². The molecule has 4 aliphatic carbocycles. The quantitative estimate of drug-likeness (QED) is 0.551. The fourth-order valence-corrected chi connectivity index (χ4v) is 6.63. The molecule has 4 saturated carbocycles. The zero-order chi connectivity index (χ0) is 21.5. The molecule has 0 aromatic heterocycles. The van der Waals surface area contributed by atoms with Crippen molar-refractivity contribution in [3.63, 3.8) is 0 Å². The molecule has 0 aromatic rings. The third-order valence-corrected chi connectivity index (χ3v) is 8.65. The molecule has 3 heteroatoms. The average molecular weight is 413 g/mol. The van der Waals surface area contributed by atoms with Crippen molar-refractivity contribution in [3.8, 4) is 0 Å². The van der Waals surface area contributed by atoms with E-state index in [0.29, 0.717) is 41.9 Å². The highest BCUT2D eigenvalue weighted by Crippen LogP contribution is 2.59. The van der Waals surface area contributed by atoms with Crippen LogP contribution in [0.5, 0.6) is 0 Å². The van der Waals surface area contributed by atoms with Gasteiger partial charge in [0, 0.05) is 6.42 Å². The Morgan fingerprint density at radius 2 is 1.87 bits per heavy atom. The van der Waals surface area contributed by atoms with Crippen LogP contribution in [-0.4, -0.2) is 33.6 Å². The minimum Gasteiger partial charge on any atom is -0.393 e. The first-order valence-corrected chi connectivity index (χ1v) is 12.1. The lowest BCUT2D eigenvalue weighted by molar-refractivity contribution is 0.0862. The van der Waals surface area contributed by atoms with E-state index in [1.807, 2.05) is 0 Å². The fourth-order valence-electron chi connectivity index (χ4n) is 6.63. The van der Waals surface area contributed by atoms with E-state index in [1.165, 1.54) is 44.1 Å². The van der Waals surface area contributed by atoms with Crippen LogP contribution < -0.4 is 0 Å². The van der Waals surface area contributed by atoms with Gasteiger partial charge in [-0.05, 0) is 91.6 Å². The van der Waals surface area contributed by atoms with Gasteiger partial charge in [-0.3, -0.25) is 0 Å². The fraction of sp³-hybridized carbons (Fsp3) is 0.704. The molecule has 3 nitrogen and oxygen atoms in total. The number of aliphatic hydroxyl groups excluding tert-OH is 3. The van der Waals surface area contributed by atoms with E-state index in [4.69, 9.17) is 0 Å². The Balaban J connectivity index is 1.48. The molecule has 0 heterocycles. The van der Waals surface area contributed by atoms with Crippen molar-refractivity contribution in [1.82, 2.24) is 0 Å². The van der Waals surface area contributed by atoms with Gasteiger partial charge in [0.2, 0.25) is 0 Å². The SMILES string of the molecule is C=C1/C(=C\C=C2/CCC[C@@]3(C)[C@@H]2CC[C@@H]3[C@H](C)/C=C/[C@H](O)C2CC2)C[C@@H](O)C[C@H]1O. The van der Waals surface area contributed by atoms with E-state index >= 15 is 0 Å². The largest absolute Gasteiger partial charge is 0.393 e. The molecule has 0 saturated heterocycles. The molecule has 7 atom stereocenters. The minimum absolute atomic E-state index is 0.250. The summed E-state index contributed by atoms with van der Waals surface area (Å²) in [4.78, 5) is 0. The second-order valence-electron chi connectivity index (χ2n) is 10.7. The number of hydrogen-bond acceptors (Lipinski definition) is 3. The summed E-state index contributed by atoms with van der Waals surface area (Å²) >= 11 is 0. The van der Waals surface area contributed by atoms with Crippen molar-refractivity contribution in [2.24, 2.45) is 29.1 Å². The van der Waals surface area contributed by atoms with Gasteiger partial charge in [-0.25, -0.2) is 0 Å². The smallest absolute Gasteiger partial charge is 0.0811 e. The van der Waals surface area contributed by atoms with Gasteiger partial charge in [0.05, 0.1) is 18.3 Å². The predicted molar refractivity (Wildman–Crippen MR) is 122 cm³/mol. The van der Waals surface area contributed by atoms with Gasteiger partial charge in [0.1, 0.15) is 0 Å². The number of allylic oxidation sites excluding steroid dienone is 4. The van der Waals surface area contributed by atoms with E-state index in [1.54, 1.807) is 0 Å². The Bertz CT molecular complexity index is 743. The van der Waals surface area contributed by atoms with Crippen LogP contribution in [-0.2, 0) is 0 Å². The van der Waals surface area contributed by atoms with E-state index < -0.39 is 12.2 Å². The van der Waals surface area contributed by atoms with Gasteiger partial charge < -0.3 is 15.3 Å². The third-order valence-electron chi connectivity index (χ3n) is 8.65. The lowest BCUT2D eigenvalue weighted by Gasteiger charge is -2.44. The maximum Gasteiger partial charge on any atom is 0.0811 e. The molecule has 0 amide bonds. The molecule has 4 aliphatic rings. The maximum atomic E-state index is 10.2. The van der Waals surface area contributed by atoms with Gasteiger partial charge in [0.15, 0.2) is 0 Å². The van der Waals surface area contributed by atoms with Crippen LogP contribution in [0.3, 0.4) is 0 Å². The van der Waals surface area contributed by atoms with Crippen LogP contribution in [0.4, 0.5) is 0 Å². The summed E-state index contributed by atoms with van der Waals surface area (Å²) < 4.78 is 0. The summed E-state index contributed by atoms with van der Waals surface area (Å²) in [6.45, 7) is 8.88. The number of aliphatic hydroxyl groups is 3. The van der Waals surface area contributed by atoms with Crippen molar-refractivity contribution >= 4 is 0 Å². The van der Waals surface area contributed by atoms with Crippen LogP contribution in [0.1, 0.15) is 71.6 Å². The van der Waals surface area contributed by atoms with Crippen LogP contribution in [0.15, 0.2) is 47.6 Å². The van der Waals surface area contributed by atoms with Crippen LogP contribution >= 0.6 is 0 Å². The molecule has 0 aromatic carbocycles. The molecule has 0 bridgehead atoms. The van der Waals surface area contributed by atoms with Gasteiger partial charge in [-0.2, -0.15) is 0 Å². The molecule has 30 heavy (non-hydrogen) atoms. The van der Waals surface area contributed by atoms with Gasteiger partial charge >= 0.3 is 0 Å². The third kappa shape index (κ3) is 4.40. The first-order chi connectivity index (χ1) is 14.3. The van der Waals surface area contributed by atoms with E-state index in [-0.39, 0.29) is 6.10 Å². The van der Waals surface area contributed by atoms with Crippen molar-refractivity contribution in [2.75, 3.05) is 0 Å². The predicted octanol–water partition coefficient (Wildman–Crippen LogP) is 5.09. The lowest BCUT2D eigenvalue weighted by atomic mass is 9.61. The molecular formula is C27H40O3. The lowest BCUT2D eigenvalue weighted by Crippen LogP contribution is -2.35. The summed E-state index contributed by atoms with van der Waals surface area (Å²) in [5.41, 5.74) is 3.63. The van der Waals surface area contributed by atoms with E-state index in [0.717, 1.165) is 17.6 Å². The summed E-state index contributed by atoms with van der Waals surface area (Å²) in [6, 6.07) is 0. The van der Waals surface area contributed by atoms with Gasteiger partial charge in [0.25, 0.3) is 0 Å². The highest BCUT2D eigenvalue weighted by Gasteiger charge is 2.50. The monoisotopic (exact) mass is 412 g/mol. The van der Waals surface area contributed by atoms with Crippen molar-refractivity contribution in [3.05, 3.63) is 47.6 Å². The minimum atomic E-state index is -0.621. The zero-order valence-corrected chi connectivity index (χ0v) is 18.8. The number of rotatable bonds is 5. The Morgan fingerprint density at radius 1 is 1.10 bits per heavy atom. The Kier molecular flexibility index (Phi) is 6.44. The van der Waals surface area contributed by atoms with Crippen molar-refractivity contribution in [1.29, 1.82) is 0 Å². The van der Waals surface area contributed by atoms with Gasteiger partial charge in [-0.15, -0.1) is 0 Å². The standard InChI is InChI=1S/C27H40O3/c1-17(6-13-25(29)20-8-9-20)23-11-12-24-19(5-4-14-27(23,24)3)7-10-21-15-22(28)16-26(30)18(21)2/h6-7,10,13,17,20,22-26,28-30H,2,4-5,8-9,11-12,14-16H2,1,3H3/b13-6+,19-7+,21-10-/t17-,22-,23-,24-,25+,26-,27-/m1/s1. The molecule has 4 rings (SSSR count). The Hall–Kier alpha value is -1.16. The van der Waals surface area contributed by atoms with Crippen LogP contribution in [0.25, 0.3) is 0 Å². The van der Waals surface area contributed by atoms with E-state index in [9.17, 15) is 15.3 Å². The number of hydrogen-bond donors (Lipinski definition) is 3. The first-order valence-electron chi connectivity index (χ1n) is 12.1. The second-order valence-corrected chi connectivity index (χ2v) is 10.7. The summed E-state index contributed by atoms with van der Waals surface area (Å²) in [7, 11) is 0. The molecule has 0 spiro atoms. The highest BCUT2D eigenvalue weighted by atomic mass is 16.3. The molecule has 166 valence electrons. The maximum absolute atomic E-state index is 10.2. The summed E-state index contributed by atoms with van der Waals surface area (Å²) in [6.07, 6.45) is 16.9. The zero-order valence-electron chi connectivity index (χ0n) is 18.8. The van der Waals surface area contributed by atoms with Crippen LogP contribution in [0.2, 0.25) is 0 Å². The Morgan fingerprint density at radius 3 is 2.60 bits per heavy atom. The average Bonchev–Trinajstić information content (AvgIpc) is 3.49. The molecule has 0 unspecified atom stereocenters. The normalized spacial score (nSPS) is 42.1. The second kappa shape index (κ2) is 8.76. The molecule has 3 N–H and O–H groups in total. The molecule has 4 fully saturated rings. The summed E-state index contributed by atoms with van der Waals surface area (Å²) in [5.74, 6) is 2.28. The summed E-state index contributed by atoms with van der Waals surface area (Å²) in [5, 5.41) is 30.4. The molecular weight excluding hydrogens is 372 g/mol. The van der Waals surface area contributed by atoms with Crippen molar-refractivity contribution < 1.29 is 15.3 Å². The van der Waals surface area contributed by atoms with Crippen LogP contribution in [0, 0.1) is 29.1 Å². The molecule has 0 aliphatic heterocycles. The first kappa shape index (κ1) is 22.0. The van der Waals surface area contributed by atoms with Gasteiger partial charge in [-0.1, -0.05) is 50.3 Å². The highest BCUT2D eigenvalue weighted by molar-refractivity contribution is 5.38.